The van der Waals surface area contributed by atoms with Crippen LogP contribution >= 0.6 is 11.6 Å². The van der Waals surface area contributed by atoms with E-state index in [1.165, 1.54) is 0 Å². The zero-order valence-corrected chi connectivity index (χ0v) is 12.4. The molecule has 0 bridgehead atoms. The average Bonchev–Trinajstić information content (AvgIpc) is 2.38. The summed E-state index contributed by atoms with van der Waals surface area (Å²) in [6.07, 6.45) is 3.93. The summed E-state index contributed by atoms with van der Waals surface area (Å²) in [6, 6.07) is 5.69. The Hall–Kier alpha value is -1.55. The van der Waals surface area contributed by atoms with Crippen LogP contribution in [0, 0.1) is 0 Å². The van der Waals surface area contributed by atoms with Crippen molar-refractivity contribution in [3.63, 3.8) is 0 Å². The van der Waals surface area contributed by atoms with E-state index in [1.54, 1.807) is 6.21 Å². The number of benzene rings is 1. The van der Waals surface area contributed by atoms with E-state index in [1.807, 2.05) is 44.1 Å². The molecule has 1 aromatic carbocycles. The Kier molecular flexibility index (Phi) is 6.36. The molecule has 0 heterocycles. The lowest BCUT2D eigenvalue weighted by Crippen LogP contribution is -2.16. The third-order valence-electron chi connectivity index (χ3n) is 2.65. The lowest BCUT2D eigenvalue weighted by molar-refractivity contribution is -0.121. The fourth-order valence-electron chi connectivity index (χ4n) is 1.47. The second-order valence-electron chi connectivity index (χ2n) is 4.50. The first-order valence-electron chi connectivity index (χ1n) is 6.33. The molecule has 5 heteroatoms. The molecule has 1 amide bonds. The van der Waals surface area contributed by atoms with E-state index in [0.29, 0.717) is 11.4 Å². The Labute approximate surface area is 119 Å². The Morgan fingerprint density at radius 1 is 1.47 bits per heavy atom. The normalized spacial score (nSPS) is 10.7. The van der Waals surface area contributed by atoms with Gasteiger partial charge in [-0.15, -0.1) is 0 Å². The topological polar surface area (TPSA) is 44.7 Å². The molecule has 0 saturated heterocycles. The Morgan fingerprint density at radius 2 is 2.21 bits per heavy atom. The lowest BCUT2D eigenvalue weighted by Gasteiger charge is -2.12. The Bertz CT molecular complexity index is 458. The number of nitrogens with zero attached hydrogens (tertiary/aromatic N) is 2. The van der Waals surface area contributed by atoms with Gasteiger partial charge >= 0.3 is 0 Å². The van der Waals surface area contributed by atoms with Crippen LogP contribution in [-0.2, 0) is 4.79 Å². The van der Waals surface area contributed by atoms with Crippen molar-refractivity contribution in [2.75, 3.05) is 19.0 Å². The number of rotatable bonds is 6. The van der Waals surface area contributed by atoms with Crippen LogP contribution in [0.5, 0.6) is 0 Å². The van der Waals surface area contributed by atoms with Gasteiger partial charge in [0.05, 0.1) is 11.2 Å². The van der Waals surface area contributed by atoms with Crippen molar-refractivity contribution in [1.29, 1.82) is 0 Å². The van der Waals surface area contributed by atoms with E-state index in [2.05, 4.69) is 10.5 Å². The van der Waals surface area contributed by atoms with Crippen LogP contribution in [0.1, 0.15) is 31.7 Å². The van der Waals surface area contributed by atoms with Crippen molar-refractivity contribution in [3.05, 3.63) is 28.8 Å². The van der Waals surface area contributed by atoms with Gasteiger partial charge in [-0.3, -0.25) is 4.79 Å². The molecule has 0 unspecified atom stereocenters. The number of nitrogens with one attached hydrogen (secondary N) is 1. The number of hydrazone groups is 1. The quantitative estimate of drug-likeness (QED) is 0.643. The van der Waals surface area contributed by atoms with Gasteiger partial charge in [0.2, 0.25) is 5.91 Å². The predicted molar refractivity (Wildman–Crippen MR) is 81.0 cm³/mol. The smallest absolute Gasteiger partial charge is 0.240 e. The molecule has 0 spiro atoms. The average molecular weight is 282 g/mol. The minimum absolute atomic E-state index is 0.0702. The maximum Gasteiger partial charge on any atom is 0.240 e. The van der Waals surface area contributed by atoms with Crippen LogP contribution < -0.4 is 10.3 Å². The molecule has 19 heavy (non-hydrogen) atoms. The summed E-state index contributed by atoms with van der Waals surface area (Å²) in [7, 11) is 3.90. The van der Waals surface area contributed by atoms with Crippen LogP contribution in [-0.4, -0.2) is 26.2 Å². The van der Waals surface area contributed by atoms with Crippen molar-refractivity contribution >= 4 is 29.4 Å². The highest BCUT2D eigenvalue weighted by Crippen LogP contribution is 2.21. The van der Waals surface area contributed by atoms with Gasteiger partial charge in [-0.25, -0.2) is 5.43 Å². The van der Waals surface area contributed by atoms with Crippen LogP contribution in [0.15, 0.2) is 23.3 Å². The fourth-order valence-corrected chi connectivity index (χ4v) is 1.69. The summed E-state index contributed by atoms with van der Waals surface area (Å²) in [5, 5.41) is 4.52. The molecule has 0 aromatic heterocycles. The molecular formula is C14H20ClN3O. The number of amides is 1. The minimum Gasteiger partial charge on any atom is -0.378 e. The zero-order valence-electron chi connectivity index (χ0n) is 11.6. The number of hydrogen-bond acceptors (Lipinski definition) is 3. The molecule has 1 rings (SSSR count). The molecule has 0 aliphatic rings. The van der Waals surface area contributed by atoms with E-state index in [0.717, 1.165) is 24.1 Å². The zero-order chi connectivity index (χ0) is 14.3. The highest BCUT2D eigenvalue weighted by molar-refractivity contribution is 6.33. The molecule has 0 saturated carbocycles. The van der Waals surface area contributed by atoms with Crippen LogP contribution in [0.3, 0.4) is 0 Å². The predicted octanol–water partition coefficient (Wildman–Crippen LogP) is 3.05. The highest BCUT2D eigenvalue weighted by Gasteiger charge is 2.02. The molecule has 0 radical (unpaired) electrons. The first-order valence-corrected chi connectivity index (χ1v) is 6.71. The highest BCUT2D eigenvalue weighted by atomic mass is 35.5. The molecule has 104 valence electrons. The number of carbonyl (C=O) groups is 1. The molecule has 4 nitrogen and oxygen atoms in total. The van der Waals surface area contributed by atoms with E-state index < -0.39 is 0 Å². The fraction of sp³-hybridized carbons (Fsp3) is 0.429. The van der Waals surface area contributed by atoms with Gasteiger partial charge in [0.1, 0.15) is 0 Å². The minimum atomic E-state index is -0.0702. The SMILES string of the molecule is CCCCC(=O)N/N=C\c1ccc(N(C)C)cc1Cl. The molecule has 0 aliphatic carbocycles. The molecule has 1 N–H and O–H groups in total. The maximum absolute atomic E-state index is 11.4. The molecular weight excluding hydrogens is 262 g/mol. The third-order valence-corrected chi connectivity index (χ3v) is 2.98. The van der Waals surface area contributed by atoms with Crippen LogP contribution in [0.25, 0.3) is 0 Å². The van der Waals surface area contributed by atoms with E-state index in [-0.39, 0.29) is 5.91 Å². The van der Waals surface area contributed by atoms with Gasteiger partial charge in [0, 0.05) is 31.8 Å². The van der Waals surface area contributed by atoms with Crippen LogP contribution in [0.2, 0.25) is 5.02 Å². The lowest BCUT2D eigenvalue weighted by atomic mass is 10.2. The van der Waals surface area contributed by atoms with Crippen molar-refractivity contribution in [1.82, 2.24) is 5.43 Å². The number of halogens is 1. The summed E-state index contributed by atoms with van der Waals surface area (Å²) in [6.45, 7) is 2.04. The van der Waals surface area contributed by atoms with Gasteiger partial charge < -0.3 is 4.90 Å². The number of anilines is 1. The number of unbranched alkanes of at least 4 members (excludes halogenated alkanes) is 1. The summed E-state index contributed by atoms with van der Waals surface area (Å²) < 4.78 is 0. The molecule has 0 aliphatic heterocycles. The molecule has 0 fully saturated rings. The Balaban J connectivity index is 2.60. The maximum atomic E-state index is 11.4. The standard InChI is InChI=1S/C14H20ClN3O/c1-4-5-6-14(19)17-16-10-11-7-8-12(18(2)3)9-13(11)15/h7-10H,4-6H2,1-3H3,(H,17,19)/b16-10-. The van der Waals surface area contributed by atoms with Crippen LogP contribution in [0.4, 0.5) is 5.69 Å². The van der Waals surface area contributed by atoms with Gasteiger partial charge in [0.25, 0.3) is 0 Å². The van der Waals surface area contributed by atoms with Gasteiger partial charge in [-0.2, -0.15) is 5.10 Å². The van der Waals surface area contributed by atoms with Gasteiger partial charge in [-0.1, -0.05) is 24.9 Å². The van der Waals surface area contributed by atoms with E-state index in [4.69, 9.17) is 11.6 Å². The summed E-state index contributed by atoms with van der Waals surface area (Å²) in [5.41, 5.74) is 4.29. The monoisotopic (exact) mass is 281 g/mol. The van der Waals surface area contributed by atoms with Gasteiger partial charge in [0.15, 0.2) is 0 Å². The van der Waals surface area contributed by atoms with Crippen molar-refractivity contribution < 1.29 is 4.79 Å². The number of carbonyl (C=O) groups excluding carboxylic acids is 1. The first kappa shape index (κ1) is 15.5. The van der Waals surface area contributed by atoms with E-state index >= 15 is 0 Å². The van der Waals surface area contributed by atoms with Crippen molar-refractivity contribution in [3.8, 4) is 0 Å². The van der Waals surface area contributed by atoms with E-state index in [9.17, 15) is 4.79 Å². The third kappa shape index (κ3) is 5.30. The largest absolute Gasteiger partial charge is 0.378 e. The second-order valence-corrected chi connectivity index (χ2v) is 4.90. The summed E-state index contributed by atoms with van der Waals surface area (Å²) in [5.74, 6) is -0.0702. The Morgan fingerprint density at radius 3 is 2.79 bits per heavy atom. The number of hydrogen-bond donors (Lipinski definition) is 1. The van der Waals surface area contributed by atoms with Crippen molar-refractivity contribution in [2.24, 2.45) is 5.10 Å². The second kappa shape index (κ2) is 7.79. The van der Waals surface area contributed by atoms with Crippen molar-refractivity contribution in [2.45, 2.75) is 26.2 Å². The van der Waals surface area contributed by atoms with Gasteiger partial charge in [-0.05, 0) is 24.6 Å². The molecule has 1 aromatic rings. The first-order chi connectivity index (χ1) is 9.04. The summed E-state index contributed by atoms with van der Waals surface area (Å²) >= 11 is 6.14. The summed E-state index contributed by atoms with van der Waals surface area (Å²) in [4.78, 5) is 13.3. The molecule has 0 atom stereocenters.